The standard InChI is InChI=1S/C12H22N2O2/c1-8-6-7-16-11(8)12(15)14-10-5-3-2-4-9(10)13/h8-11H,2-7,13H2,1H3,(H,14,15). The molecule has 3 N–H and O–H groups in total. The van der Waals surface area contributed by atoms with Crippen molar-refractivity contribution in [3.63, 3.8) is 0 Å². The van der Waals surface area contributed by atoms with Gasteiger partial charge in [0.25, 0.3) is 0 Å². The largest absolute Gasteiger partial charge is 0.368 e. The zero-order valence-electron chi connectivity index (χ0n) is 9.95. The van der Waals surface area contributed by atoms with E-state index in [-0.39, 0.29) is 24.1 Å². The lowest BCUT2D eigenvalue weighted by molar-refractivity contribution is -0.132. The molecule has 1 aliphatic heterocycles. The van der Waals surface area contributed by atoms with Crippen molar-refractivity contribution < 1.29 is 9.53 Å². The first-order valence-corrected chi connectivity index (χ1v) is 6.36. The predicted molar refractivity (Wildman–Crippen MR) is 61.9 cm³/mol. The minimum Gasteiger partial charge on any atom is -0.368 e. The Labute approximate surface area is 96.9 Å². The third-order valence-electron chi connectivity index (χ3n) is 3.79. The number of hydrogen-bond acceptors (Lipinski definition) is 3. The molecule has 2 rings (SSSR count). The Morgan fingerprint density at radius 3 is 2.69 bits per heavy atom. The summed E-state index contributed by atoms with van der Waals surface area (Å²) in [5.41, 5.74) is 6.01. The van der Waals surface area contributed by atoms with E-state index >= 15 is 0 Å². The van der Waals surface area contributed by atoms with Crippen LogP contribution in [0.2, 0.25) is 0 Å². The monoisotopic (exact) mass is 226 g/mol. The summed E-state index contributed by atoms with van der Waals surface area (Å²) in [6.45, 7) is 2.77. The Kier molecular flexibility index (Phi) is 3.82. The highest BCUT2D eigenvalue weighted by Gasteiger charge is 2.33. The van der Waals surface area contributed by atoms with Gasteiger partial charge in [0.15, 0.2) is 0 Å². The molecule has 1 aliphatic carbocycles. The summed E-state index contributed by atoms with van der Waals surface area (Å²) in [6.07, 6.45) is 5.10. The Hall–Kier alpha value is -0.610. The Balaban J connectivity index is 1.86. The molecule has 0 aromatic heterocycles. The molecule has 2 fully saturated rings. The van der Waals surface area contributed by atoms with E-state index in [1.165, 1.54) is 12.8 Å². The van der Waals surface area contributed by atoms with Crippen LogP contribution in [0.15, 0.2) is 0 Å². The maximum atomic E-state index is 12.0. The molecular weight excluding hydrogens is 204 g/mol. The molecule has 4 unspecified atom stereocenters. The molecule has 0 aromatic carbocycles. The Morgan fingerprint density at radius 1 is 1.31 bits per heavy atom. The molecule has 1 amide bonds. The normalized spacial score (nSPS) is 39.6. The predicted octanol–water partition coefficient (Wildman–Crippen LogP) is 0.797. The van der Waals surface area contributed by atoms with E-state index in [9.17, 15) is 4.79 Å². The molecule has 0 bridgehead atoms. The first-order valence-electron chi connectivity index (χ1n) is 6.36. The quantitative estimate of drug-likeness (QED) is 0.732. The summed E-state index contributed by atoms with van der Waals surface area (Å²) in [5.74, 6) is 0.368. The van der Waals surface area contributed by atoms with Gasteiger partial charge in [-0.15, -0.1) is 0 Å². The Bertz CT molecular complexity index is 257. The topological polar surface area (TPSA) is 64.3 Å². The van der Waals surface area contributed by atoms with Crippen LogP contribution >= 0.6 is 0 Å². The third kappa shape index (κ3) is 2.55. The van der Waals surface area contributed by atoms with Gasteiger partial charge in [-0.2, -0.15) is 0 Å². The van der Waals surface area contributed by atoms with E-state index in [1.807, 2.05) is 0 Å². The number of ether oxygens (including phenoxy) is 1. The fourth-order valence-electron chi connectivity index (χ4n) is 2.63. The van der Waals surface area contributed by atoms with Crippen LogP contribution in [0.25, 0.3) is 0 Å². The van der Waals surface area contributed by atoms with Gasteiger partial charge in [0, 0.05) is 18.7 Å². The average molecular weight is 226 g/mol. The molecule has 4 heteroatoms. The molecule has 1 heterocycles. The van der Waals surface area contributed by atoms with Crippen molar-refractivity contribution in [2.75, 3.05) is 6.61 Å². The fourth-order valence-corrected chi connectivity index (χ4v) is 2.63. The van der Waals surface area contributed by atoms with Crippen molar-refractivity contribution in [2.45, 2.75) is 57.2 Å². The lowest BCUT2D eigenvalue weighted by Gasteiger charge is -2.30. The smallest absolute Gasteiger partial charge is 0.249 e. The van der Waals surface area contributed by atoms with E-state index in [0.717, 1.165) is 19.3 Å². The zero-order valence-corrected chi connectivity index (χ0v) is 9.95. The van der Waals surface area contributed by atoms with Crippen molar-refractivity contribution in [3.05, 3.63) is 0 Å². The van der Waals surface area contributed by atoms with Crippen LogP contribution < -0.4 is 11.1 Å². The summed E-state index contributed by atoms with van der Waals surface area (Å²) in [4.78, 5) is 12.0. The van der Waals surface area contributed by atoms with Gasteiger partial charge < -0.3 is 15.8 Å². The van der Waals surface area contributed by atoms with Crippen LogP contribution in [0.3, 0.4) is 0 Å². The highest BCUT2D eigenvalue weighted by atomic mass is 16.5. The van der Waals surface area contributed by atoms with Crippen LogP contribution in [0, 0.1) is 5.92 Å². The van der Waals surface area contributed by atoms with Crippen molar-refractivity contribution in [2.24, 2.45) is 11.7 Å². The number of carbonyl (C=O) groups excluding carboxylic acids is 1. The molecule has 92 valence electrons. The van der Waals surface area contributed by atoms with E-state index in [4.69, 9.17) is 10.5 Å². The van der Waals surface area contributed by atoms with Crippen LogP contribution in [0.1, 0.15) is 39.0 Å². The summed E-state index contributed by atoms with van der Waals surface area (Å²) < 4.78 is 5.45. The van der Waals surface area contributed by atoms with Gasteiger partial charge in [-0.3, -0.25) is 4.79 Å². The Morgan fingerprint density at radius 2 is 2.06 bits per heavy atom. The van der Waals surface area contributed by atoms with Crippen molar-refractivity contribution in [1.29, 1.82) is 0 Å². The minimum absolute atomic E-state index is 0.0346. The first-order chi connectivity index (χ1) is 7.68. The summed E-state index contributed by atoms with van der Waals surface area (Å²) in [7, 11) is 0. The highest BCUT2D eigenvalue weighted by Crippen LogP contribution is 2.22. The van der Waals surface area contributed by atoms with Crippen LogP contribution in [0.5, 0.6) is 0 Å². The third-order valence-corrected chi connectivity index (χ3v) is 3.79. The van der Waals surface area contributed by atoms with Gasteiger partial charge in [-0.25, -0.2) is 0 Å². The summed E-state index contributed by atoms with van der Waals surface area (Å²) >= 11 is 0. The molecule has 0 aromatic rings. The van der Waals surface area contributed by atoms with Crippen LogP contribution in [-0.2, 0) is 9.53 Å². The number of nitrogens with two attached hydrogens (primary N) is 1. The lowest BCUT2D eigenvalue weighted by Crippen LogP contribution is -2.52. The zero-order chi connectivity index (χ0) is 11.5. The molecule has 1 saturated heterocycles. The molecule has 2 aliphatic rings. The number of hydrogen-bond donors (Lipinski definition) is 2. The first kappa shape index (κ1) is 11.9. The van der Waals surface area contributed by atoms with E-state index in [0.29, 0.717) is 12.5 Å². The van der Waals surface area contributed by atoms with E-state index < -0.39 is 0 Å². The molecule has 0 spiro atoms. The fraction of sp³-hybridized carbons (Fsp3) is 0.917. The molecular formula is C12H22N2O2. The maximum Gasteiger partial charge on any atom is 0.249 e. The highest BCUT2D eigenvalue weighted by molar-refractivity contribution is 5.81. The lowest BCUT2D eigenvalue weighted by atomic mass is 9.90. The van der Waals surface area contributed by atoms with Gasteiger partial charge >= 0.3 is 0 Å². The molecule has 4 atom stereocenters. The number of amides is 1. The summed E-state index contributed by atoms with van der Waals surface area (Å²) in [6, 6.07) is 0.270. The van der Waals surface area contributed by atoms with E-state index in [2.05, 4.69) is 12.2 Å². The van der Waals surface area contributed by atoms with Gasteiger partial charge in [0.05, 0.1) is 0 Å². The average Bonchev–Trinajstić information content (AvgIpc) is 2.68. The molecule has 0 radical (unpaired) electrons. The van der Waals surface area contributed by atoms with Gasteiger partial charge in [-0.05, 0) is 25.2 Å². The minimum atomic E-state index is -0.255. The van der Waals surface area contributed by atoms with Crippen molar-refractivity contribution in [1.82, 2.24) is 5.32 Å². The van der Waals surface area contributed by atoms with Gasteiger partial charge in [0.1, 0.15) is 6.10 Å². The van der Waals surface area contributed by atoms with Crippen LogP contribution in [0.4, 0.5) is 0 Å². The second-order valence-electron chi connectivity index (χ2n) is 5.12. The number of rotatable bonds is 2. The van der Waals surface area contributed by atoms with Gasteiger partial charge in [-0.1, -0.05) is 19.8 Å². The SMILES string of the molecule is CC1CCOC1C(=O)NC1CCCCC1N. The summed E-state index contributed by atoms with van der Waals surface area (Å²) in [5, 5.41) is 3.05. The van der Waals surface area contributed by atoms with E-state index in [1.54, 1.807) is 0 Å². The molecule has 4 nitrogen and oxygen atoms in total. The second-order valence-corrected chi connectivity index (χ2v) is 5.12. The number of nitrogens with one attached hydrogen (secondary N) is 1. The maximum absolute atomic E-state index is 12.0. The van der Waals surface area contributed by atoms with Gasteiger partial charge in [0.2, 0.25) is 5.91 Å². The number of carbonyl (C=O) groups is 1. The van der Waals surface area contributed by atoms with Crippen molar-refractivity contribution in [3.8, 4) is 0 Å². The van der Waals surface area contributed by atoms with Crippen LogP contribution in [-0.4, -0.2) is 30.7 Å². The van der Waals surface area contributed by atoms with Crippen molar-refractivity contribution >= 4 is 5.91 Å². The molecule has 16 heavy (non-hydrogen) atoms. The second kappa shape index (κ2) is 5.15. The molecule has 1 saturated carbocycles.